The third-order valence-electron chi connectivity index (χ3n) is 7.62. The van der Waals surface area contributed by atoms with Crippen LogP contribution in [-0.4, -0.2) is 61.7 Å². The second-order valence-electron chi connectivity index (χ2n) is 10.4. The molecule has 0 bridgehead atoms. The van der Waals surface area contributed by atoms with Crippen LogP contribution in [0.15, 0.2) is 55.3 Å². The maximum absolute atomic E-state index is 15.1. The number of aromatic nitrogens is 1. The van der Waals surface area contributed by atoms with Crippen LogP contribution >= 0.6 is 0 Å². The number of carbonyl (C=O) groups excluding carboxylic acids is 1. The van der Waals surface area contributed by atoms with Crippen molar-refractivity contribution in [3.63, 3.8) is 0 Å². The van der Waals surface area contributed by atoms with Crippen LogP contribution < -0.4 is 24.8 Å². The number of rotatable bonds is 16. The van der Waals surface area contributed by atoms with Crippen molar-refractivity contribution in [2.24, 2.45) is 5.41 Å². The number of anilines is 1. The van der Waals surface area contributed by atoms with E-state index in [1.807, 2.05) is 13.0 Å². The van der Waals surface area contributed by atoms with E-state index < -0.39 is 11.2 Å². The molecular formula is C32H41FN4O4. The van der Waals surface area contributed by atoms with E-state index in [1.54, 1.807) is 37.6 Å². The summed E-state index contributed by atoms with van der Waals surface area (Å²) in [6.45, 7) is 14.1. The summed E-state index contributed by atoms with van der Waals surface area (Å²) in [7, 11) is 1.58. The first kappa shape index (κ1) is 30.3. The van der Waals surface area contributed by atoms with E-state index in [1.165, 1.54) is 12.1 Å². The molecule has 1 fully saturated rings. The SMILES string of the molecule is C=CC(C)NCC1(C(=O)Nc2ccc(Oc3ccnc4cc(OCCCN(CC)CC)c(OC)cc34)c(F)c2)CC1. The van der Waals surface area contributed by atoms with Crippen LogP contribution in [0.2, 0.25) is 0 Å². The van der Waals surface area contributed by atoms with Crippen molar-refractivity contribution in [2.45, 2.75) is 46.1 Å². The number of ether oxygens (including phenoxy) is 3. The van der Waals surface area contributed by atoms with Gasteiger partial charge in [0.05, 0.1) is 24.6 Å². The van der Waals surface area contributed by atoms with Gasteiger partial charge in [-0.05, 0) is 63.5 Å². The lowest BCUT2D eigenvalue weighted by Crippen LogP contribution is -2.37. The quantitative estimate of drug-likeness (QED) is 0.159. The highest BCUT2D eigenvalue weighted by Crippen LogP contribution is 2.46. The van der Waals surface area contributed by atoms with Gasteiger partial charge >= 0.3 is 0 Å². The summed E-state index contributed by atoms with van der Waals surface area (Å²) in [5.74, 6) is 0.898. The predicted octanol–water partition coefficient (Wildman–Crippen LogP) is 6.17. The fourth-order valence-electron chi connectivity index (χ4n) is 4.62. The van der Waals surface area contributed by atoms with Crippen molar-refractivity contribution in [2.75, 3.05) is 45.2 Å². The highest BCUT2D eigenvalue weighted by Gasteiger charge is 2.49. The monoisotopic (exact) mass is 564 g/mol. The van der Waals surface area contributed by atoms with E-state index in [2.05, 4.69) is 40.9 Å². The molecule has 9 heteroatoms. The predicted molar refractivity (Wildman–Crippen MR) is 161 cm³/mol. The first-order valence-electron chi connectivity index (χ1n) is 14.3. The molecule has 0 saturated heterocycles. The Morgan fingerprint density at radius 3 is 2.59 bits per heavy atom. The summed E-state index contributed by atoms with van der Waals surface area (Å²) in [6.07, 6.45) is 5.88. The van der Waals surface area contributed by atoms with Gasteiger partial charge in [0.2, 0.25) is 5.91 Å². The standard InChI is InChI=1S/C32H41FN4O4/c1-6-22(4)35-21-32(13-14-32)31(38)36-23-10-11-28(25(33)18-23)41-27-12-15-34-26-20-30(29(39-5)19-24(26)27)40-17-9-16-37(7-2)8-3/h6,10-12,15,18-20,22,35H,1,7-9,13-14,16-17,21H2,2-5H3,(H,36,38). The number of pyridine rings is 1. The Morgan fingerprint density at radius 2 is 1.93 bits per heavy atom. The molecule has 1 unspecified atom stereocenters. The lowest BCUT2D eigenvalue weighted by molar-refractivity contribution is -0.121. The Bertz CT molecular complexity index is 1360. The molecule has 2 N–H and O–H groups in total. The normalized spacial score (nSPS) is 14.5. The molecule has 0 aliphatic heterocycles. The Morgan fingerprint density at radius 1 is 1.15 bits per heavy atom. The molecule has 1 aliphatic rings. The number of fused-ring (bicyclic) bond motifs is 1. The fourth-order valence-corrected chi connectivity index (χ4v) is 4.62. The molecular weight excluding hydrogens is 523 g/mol. The Hall–Kier alpha value is -3.69. The minimum Gasteiger partial charge on any atom is -0.493 e. The Kier molecular flexibility index (Phi) is 10.2. The largest absolute Gasteiger partial charge is 0.493 e. The number of hydrogen-bond acceptors (Lipinski definition) is 7. The lowest BCUT2D eigenvalue weighted by atomic mass is 10.1. The van der Waals surface area contributed by atoms with Crippen LogP contribution in [0.25, 0.3) is 10.9 Å². The zero-order chi connectivity index (χ0) is 29.4. The zero-order valence-electron chi connectivity index (χ0n) is 24.5. The summed E-state index contributed by atoms with van der Waals surface area (Å²) in [4.78, 5) is 19.7. The molecule has 1 aromatic heterocycles. The molecule has 4 rings (SSSR count). The maximum Gasteiger partial charge on any atom is 0.231 e. The summed E-state index contributed by atoms with van der Waals surface area (Å²) >= 11 is 0. The number of methoxy groups -OCH3 is 1. The van der Waals surface area contributed by atoms with E-state index in [-0.39, 0.29) is 17.7 Å². The third kappa shape index (κ3) is 7.54. The zero-order valence-corrected chi connectivity index (χ0v) is 24.5. The van der Waals surface area contributed by atoms with Crippen LogP contribution in [0, 0.1) is 11.2 Å². The smallest absolute Gasteiger partial charge is 0.231 e. The molecule has 220 valence electrons. The maximum atomic E-state index is 15.1. The number of benzene rings is 2. The van der Waals surface area contributed by atoms with Crippen LogP contribution in [0.4, 0.5) is 10.1 Å². The van der Waals surface area contributed by atoms with E-state index in [0.717, 1.165) is 38.9 Å². The fraction of sp³-hybridized carbons (Fsp3) is 0.438. The van der Waals surface area contributed by atoms with Gasteiger partial charge < -0.3 is 29.7 Å². The van der Waals surface area contributed by atoms with Gasteiger partial charge in [0.1, 0.15) is 5.75 Å². The first-order valence-corrected chi connectivity index (χ1v) is 14.3. The average Bonchev–Trinajstić information content (AvgIpc) is 3.78. The van der Waals surface area contributed by atoms with Crippen molar-refractivity contribution in [3.8, 4) is 23.0 Å². The molecule has 1 heterocycles. The van der Waals surface area contributed by atoms with Crippen LogP contribution in [-0.2, 0) is 4.79 Å². The molecule has 8 nitrogen and oxygen atoms in total. The van der Waals surface area contributed by atoms with Gasteiger partial charge in [-0.3, -0.25) is 9.78 Å². The van der Waals surface area contributed by atoms with Crippen LogP contribution in [0.5, 0.6) is 23.0 Å². The highest BCUT2D eigenvalue weighted by atomic mass is 19.1. The van der Waals surface area contributed by atoms with Gasteiger partial charge in [0.15, 0.2) is 23.1 Å². The van der Waals surface area contributed by atoms with E-state index in [4.69, 9.17) is 14.2 Å². The van der Waals surface area contributed by atoms with Crippen molar-refractivity contribution < 1.29 is 23.4 Å². The van der Waals surface area contributed by atoms with E-state index >= 15 is 4.39 Å². The van der Waals surface area contributed by atoms with Gasteiger partial charge in [-0.2, -0.15) is 0 Å². The summed E-state index contributed by atoms with van der Waals surface area (Å²) in [5, 5.41) is 6.82. The van der Waals surface area contributed by atoms with Crippen LogP contribution in [0.1, 0.15) is 40.0 Å². The molecule has 1 saturated carbocycles. The molecule has 3 aromatic rings. The molecule has 2 aromatic carbocycles. The molecule has 1 aliphatic carbocycles. The summed E-state index contributed by atoms with van der Waals surface area (Å²) in [5.41, 5.74) is 0.554. The average molecular weight is 565 g/mol. The van der Waals surface area contributed by atoms with E-state index in [0.29, 0.717) is 47.0 Å². The van der Waals surface area contributed by atoms with Crippen LogP contribution in [0.3, 0.4) is 0 Å². The van der Waals surface area contributed by atoms with Crippen molar-refractivity contribution in [1.29, 1.82) is 0 Å². The number of hydrogen-bond donors (Lipinski definition) is 2. The number of amides is 1. The van der Waals surface area contributed by atoms with E-state index in [9.17, 15) is 4.79 Å². The van der Waals surface area contributed by atoms with Gasteiger partial charge in [-0.15, -0.1) is 6.58 Å². The number of halogens is 1. The number of nitrogens with one attached hydrogen (secondary N) is 2. The molecule has 1 amide bonds. The minimum absolute atomic E-state index is 0.0359. The van der Waals surface area contributed by atoms with Gasteiger partial charge in [-0.25, -0.2) is 4.39 Å². The van der Waals surface area contributed by atoms with Crippen molar-refractivity contribution in [1.82, 2.24) is 15.2 Å². The minimum atomic E-state index is -0.587. The second-order valence-corrected chi connectivity index (χ2v) is 10.4. The van der Waals surface area contributed by atoms with Gasteiger partial charge in [0, 0.05) is 48.5 Å². The topological polar surface area (TPSA) is 85.0 Å². The number of nitrogens with zero attached hydrogens (tertiary/aromatic N) is 2. The molecule has 0 radical (unpaired) electrons. The summed E-state index contributed by atoms with van der Waals surface area (Å²) in [6, 6.07) is 9.82. The van der Waals surface area contributed by atoms with Crippen molar-refractivity contribution in [3.05, 3.63) is 61.1 Å². The highest BCUT2D eigenvalue weighted by molar-refractivity contribution is 5.97. The molecule has 0 spiro atoms. The van der Waals surface area contributed by atoms with Crippen molar-refractivity contribution >= 4 is 22.5 Å². The number of carbonyl (C=O) groups is 1. The lowest BCUT2D eigenvalue weighted by Gasteiger charge is -2.19. The van der Waals surface area contributed by atoms with Gasteiger partial charge in [0.25, 0.3) is 0 Å². The Balaban J connectivity index is 1.44. The molecule has 1 atom stereocenters. The first-order chi connectivity index (χ1) is 19.8. The second kappa shape index (κ2) is 13.8. The molecule has 41 heavy (non-hydrogen) atoms. The summed E-state index contributed by atoms with van der Waals surface area (Å²) < 4.78 is 32.7. The Labute approximate surface area is 241 Å². The third-order valence-corrected chi connectivity index (χ3v) is 7.62. The van der Waals surface area contributed by atoms with Gasteiger partial charge in [-0.1, -0.05) is 19.9 Å².